The zero-order chi connectivity index (χ0) is 17.9. The Morgan fingerprint density at radius 3 is 2.75 bits per heavy atom. The fourth-order valence-corrected chi connectivity index (χ4v) is 2.46. The Kier molecular flexibility index (Phi) is 5.55. The lowest BCUT2D eigenvalue weighted by atomic mass is 10.3. The topological polar surface area (TPSA) is 99.1 Å². The zero-order valence-electron chi connectivity index (χ0n) is 13.8. The van der Waals surface area contributed by atoms with Gasteiger partial charge in [-0.05, 0) is 13.8 Å². The molecule has 9 nitrogen and oxygen atoms in total. The first-order chi connectivity index (χ1) is 11.3. The van der Waals surface area contributed by atoms with Gasteiger partial charge in [0.25, 0.3) is 0 Å². The van der Waals surface area contributed by atoms with E-state index in [1.54, 1.807) is 24.9 Å². The van der Waals surface area contributed by atoms with Crippen LogP contribution in [0, 0.1) is 17.0 Å². The van der Waals surface area contributed by atoms with Crippen molar-refractivity contribution in [1.29, 1.82) is 0 Å². The van der Waals surface area contributed by atoms with Crippen molar-refractivity contribution in [2.75, 3.05) is 7.05 Å². The quantitative estimate of drug-likeness (QED) is 0.559. The molecule has 2 aromatic rings. The van der Waals surface area contributed by atoms with E-state index in [-0.39, 0.29) is 24.6 Å². The normalized spacial score (nSPS) is 10.8. The van der Waals surface area contributed by atoms with E-state index in [1.165, 1.54) is 15.8 Å². The molecule has 0 atom stereocenters. The van der Waals surface area contributed by atoms with Gasteiger partial charge >= 0.3 is 5.69 Å². The third-order valence-electron chi connectivity index (χ3n) is 3.74. The number of aryl methyl sites for hydroxylation is 2. The maximum atomic E-state index is 12.2. The second-order valence-electron chi connectivity index (χ2n) is 5.37. The minimum Gasteiger partial charge on any atom is -0.340 e. The van der Waals surface area contributed by atoms with E-state index in [0.29, 0.717) is 29.5 Å². The molecule has 10 heteroatoms. The van der Waals surface area contributed by atoms with Crippen LogP contribution >= 0.6 is 11.6 Å². The van der Waals surface area contributed by atoms with E-state index in [1.807, 2.05) is 6.92 Å². The summed E-state index contributed by atoms with van der Waals surface area (Å²) in [4.78, 5) is 24.1. The van der Waals surface area contributed by atoms with E-state index in [0.717, 1.165) is 0 Å². The number of aromatic nitrogens is 4. The summed E-state index contributed by atoms with van der Waals surface area (Å²) < 4.78 is 3.17. The number of hydrogen-bond donors (Lipinski definition) is 0. The second-order valence-corrected chi connectivity index (χ2v) is 5.78. The molecule has 0 aliphatic heterocycles. The van der Waals surface area contributed by atoms with Crippen molar-refractivity contribution < 1.29 is 9.72 Å². The van der Waals surface area contributed by atoms with Crippen LogP contribution in [0.3, 0.4) is 0 Å². The Balaban J connectivity index is 1.94. The fraction of sp³-hybridized carbons (Fsp3) is 0.500. The Morgan fingerprint density at radius 1 is 1.50 bits per heavy atom. The first kappa shape index (κ1) is 17.9. The average Bonchev–Trinajstić information content (AvgIpc) is 3.08. The number of halogens is 1. The molecule has 0 aliphatic rings. The van der Waals surface area contributed by atoms with Crippen LogP contribution in [0.1, 0.15) is 24.7 Å². The molecule has 0 aliphatic carbocycles. The van der Waals surface area contributed by atoms with Gasteiger partial charge in [-0.1, -0.05) is 11.6 Å². The summed E-state index contributed by atoms with van der Waals surface area (Å²) in [5.41, 5.74) is 1.02. The molecule has 2 heterocycles. The van der Waals surface area contributed by atoms with Gasteiger partial charge in [0.2, 0.25) is 5.91 Å². The smallest absolute Gasteiger partial charge is 0.309 e. The highest BCUT2D eigenvalue weighted by Gasteiger charge is 2.18. The third-order valence-corrected chi connectivity index (χ3v) is 4.05. The molecule has 0 radical (unpaired) electrons. The van der Waals surface area contributed by atoms with E-state index < -0.39 is 4.92 Å². The molecule has 2 aromatic heterocycles. The monoisotopic (exact) mass is 354 g/mol. The van der Waals surface area contributed by atoms with E-state index in [9.17, 15) is 14.9 Å². The highest BCUT2D eigenvalue weighted by atomic mass is 35.5. The molecule has 1 amide bonds. The van der Waals surface area contributed by atoms with Crippen LogP contribution in [0.5, 0.6) is 0 Å². The predicted octanol–water partition coefficient (Wildman–Crippen LogP) is 2.02. The molecule has 0 spiro atoms. The van der Waals surface area contributed by atoms with Crippen LogP contribution in [0.2, 0.25) is 5.02 Å². The van der Waals surface area contributed by atoms with E-state index >= 15 is 0 Å². The summed E-state index contributed by atoms with van der Waals surface area (Å²) >= 11 is 6.10. The predicted molar refractivity (Wildman–Crippen MR) is 87.6 cm³/mol. The van der Waals surface area contributed by atoms with Crippen molar-refractivity contribution in [1.82, 2.24) is 24.5 Å². The fourth-order valence-electron chi connectivity index (χ4n) is 2.25. The molecule has 130 valence electrons. The summed E-state index contributed by atoms with van der Waals surface area (Å²) in [5, 5.41) is 19.6. The minimum atomic E-state index is -0.487. The number of amides is 1. The lowest BCUT2D eigenvalue weighted by molar-refractivity contribution is -0.385. The van der Waals surface area contributed by atoms with Crippen molar-refractivity contribution in [3.63, 3.8) is 0 Å². The summed E-state index contributed by atoms with van der Waals surface area (Å²) in [6.07, 6.45) is 3.10. The first-order valence-electron chi connectivity index (χ1n) is 7.46. The lowest BCUT2D eigenvalue weighted by Crippen LogP contribution is -2.27. The Bertz CT molecular complexity index is 754. The van der Waals surface area contributed by atoms with Gasteiger partial charge in [-0.25, -0.2) is 0 Å². The van der Waals surface area contributed by atoms with Gasteiger partial charge in [0.05, 0.1) is 23.0 Å². The molecular formula is C14H19ClN6O3. The SMILES string of the molecule is CCn1cc(Cl)c(CN(C)C(=O)CCn2ncc([N+](=O)[O-])c2C)n1. The van der Waals surface area contributed by atoms with Gasteiger partial charge in [0.15, 0.2) is 0 Å². The Hall–Kier alpha value is -2.42. The van der Waals surface area contributed by atoms with Crippen LogP contribution in [-0.4, -0.2) is 42.3 Å². The molecule has 0 fully saturated rings. The van der Waals surface area contributed by atoms with Crippen molar-refractivity contribution in [3.05, 3.63) is 38.9 Å². The maximum absolute atomic E-state index is 12.2. The van der Waals surface area contributed by atoms with Crippen molar-refractivity contribution in [3.8, 4) is 0 Å². The Morgan fingerprint density at radius 2 is 2.21 bits per heavy atom. The van der Waals surface area contributed by atoms with E-state index in [4.69, 9.17) is 11.6 Å². The molecule has 0 N–H and O–H groups in total. The molecule has 0 saturated carbocycles. The zero-order valence-corrected chi connectivity index (χ0v) is 14.5. The second kappa shape index (κ2) is 7.43. The molecule has 2 rings (SSSR count). The van der Waals surface area contributed by atoms with Gasteiger partial charge in [0, 0.05) is 26.2 Å². The van der Waals surface area contributed by atoms with Gasteiger partial charge in [-0.2, -0.15) is 10.2 Å². The largest absolute Gasteiger partial charge is 0.340 e. The number of nitrogens with zero attached hydrogens (tertiary/aromatic N) is 6. The molecule has 0 aromatic carbocycles. The average molecular weight is 355 g/mol. The summed E-state index contributed by atoms with van der Waals surface area (Å²) in [7, 11) is 1.67. The van der Waals surface area contributed by atoms with Crippen LogP contribution in [0.4, 0.5) is 5.69 Å². The van der Waals surface area contributed by atoms with Crippen LogP contribution < -0.4 is 0 Å². The molecule has 0 bridgehead atoms. The van der Waals surface area contributed by atoms with Gasteiger partial charge < -0.3 is 4.90 Å². The molecule has 24 heavy (non-hydrogen) atoms. The molecule has 0 saturated heterocycles. The maximum Gasteiger partial charge on any atom is 0.309 e. The molecule has 0 unspecified atom stereocenters. The number of nitro groups is 1. The number of carbonyl (C=O) groups excluding carboxylic acids is 1. The third kappa shape index (κ3) is 3.91. The van der Waals surface area contributed by atoms with Crippen LogP contribution in [0.25, 0.3) is 0 Å². The van der Waals surface area contributed by atoms with Gasteiger partial charge in [0.1, 0.15) is 17.6 Å². The van der Waals surface area contributed by atoms with Crippen molar-refractivity contribution >= 4 is 23.2 Å². The highest BCUT2D eigenvalue weighted by molar-refractivity contribution is 6.31. The highest BCUT2D eigenvalue weighted by Crippen LogP contribution is 2.18. The van der Waals surface area contributed by atoms with Gasteiger partial charge in [-0.3, -0.25) is 24.3 Å². The number of rotatable bonds is 7. The van der Waals surface area contributed by atoms with Crippen LogP contribution in [-0.2, 0) is 24.4 Å². The summed E-state index contributed by atoms with van der Waals surface area (Å²) in [6.45, 7) is 4.85. The first-order valence-corrected chi connectivity index (χ1v) is 7.83. The van der Waals surface area contributed by atoms with E-state index in [2.05, 4.69) is 10.2 Å². The lowest BCUT2D eigenvalue weighted by Gasteiger charge is -2.16. The Labute approximate surface area is 144 Å². The summed E-state index contributed by atoms with van der Waals surface area (Å²) in [5.74, 6) is -0.116. The van der Waals surface area contributed by atoms with Gasteiger partial charge in [-0.15, -0.1) is 0 Å². The number of carbonyl (C=O) groups is 1. The minimum absolute atomic E-state index is 0.0484. The van der Waals surface area contributed by atoms with Crippen molar-refractivity contribution in [2.45, 2.75) is 39.9 Å². The van der Waals surface area contributed by atoms with Crippen molar-refractivity contribution in [2.24, 2.45) is 0 Å². The summed E-state index contributed by atoms with van der Waals surface area (Å²) in [6, 6.07) is 0. The standard InChI is InChI=1S/C14H19ClN6O3/c1-4-19-8-11(15)12(17-19)9-18(3)14(22)5-6-20-10(2)13(7-16-20)21(23)24/h7-8H,4-6,9H2,1-3H3. The van der Waals surface area contributed by atoms with Crippen LogP contribution in [0.15, 0.2) is 12.4 Å². The number of hydrogen-bond acceptors (Lipinski definition) is 5. The molecular weight excluding hydrogens is 336 g/mol.